The molecular formula is C9H10O3. The molecule has 0 aliphatic rings. The van der Waals surface area contributed by atoms with Gasteiger partial charge in [-0.25, -0.2) is 0 Å². The largest absolute Gasteiger partial charge is 0.493 e. The van der Waals surface area contributed by atoms with E-state index in [4.69, 9.17) is 10.8 Å². The van der Waals surface area contributed by atoms with Crippen molar-refractivity contribution in [2.45, 2.75) is 6.92 Å². The normalized spacial score (nSPS) is 10.3. The number of hydrogen-bond donors (Lipinski definition) is 0. The van der Waals surface area contributed by atoms with E-state index in [1.165, 1.54) is 14.0 Å². The van der Waals surface area contributed by atoms with E-state index in [1.54, 1.807) is 18.2 Å². The maximum atomic E-state index is 10.7. The first kappa shape index (κ1) is 7.16. The molecule has 0 heterocycles. The Labute approximate surface area is 72.3 Å². The summed E-state index contributed by atoms with van der Waals surface area (Å²) < 4.78 is 17.2. The summed E-state index contributed by atoms with van der Waals surface area (Å²) in [7, 11) is 1.43. The first-order chi connectivity index (χ1) is 6.15. The van der Waals surface area contributed by atoms with Gasteiger partial charge in [-0.3, -0.25) is 4.79 Å². The second kappa shape index (κ2) is 3.76. The number of rotatable bonds is 2. The van der Waals surface area contributed by atoms with E-state index in [0.717, 1.165) is 0 Å². The van der Waals surface area contributed by atoms with Gasteiger partial charge in [-0.1, -0.05) is 12.1 Å². The van der Waals surface area contributed by atoms with E-state index in [9.17, 15) is 4.79 Å². The summed E-state index contributed by atoms with van der Waals surface area (Å²) in [5, 5.41) is 0. The van der Waals surface area contributed by atoms with Crippen LogP contribution < -0.4 is 9.47 Å². The first-order valence-corrected chi connectivity index (χ1v) is 3.47. The molecule has 0 saturated carbocycles. The van der Waals surface area contributed by atoms with Crippen LogP contribution in [0.2, 0.25) is 0 Å². The van der Waals surface area contributed by atoms with E-state index >= 15 is 0 Å². The fourth-order valence-electron chi connectivity index (χ4n) is 0.801. The van der Waals surface area contributed by atoms with E-state index in [0.29, 0.717) is 0 Å². The Balaban J connectivity index is 3.05. The number of methoxy groups -OCH3 is 1. The number of benzene rings is 1. The van der Waals surface area contributed by atoms with Crippen LogP contribution in [-0.4, -0.2) is 13.1 Å². The third-order valence-corrected chi connectivity index (χ3v) is 1.24. The number of carbonyl (C=O) groups excluding carboxylic acids is 1. The predicted octanol–water partition coefficient (Wildman–Crippen LogP) is 1.62. The molecule has 0 aromatic heterocycles. The SMILES string of the molecule is [2H]c1cccc(OC(C)=O)c1OC. The topological polar surface area (TPSA) is 35.5 Å². The lowest BCUT2D eigenvalue weighted by atomic mass is 10.3. The molecule has 0 aliphatic carbocycles. The van der Waals surface area contributed by atoms with Gasteiger partial charge >= 0.3 is 5.97 Å². The van der Waals surface area contributed by atoms with E-state index in [-0.39, 0.29) is 17.5 Å². The van der Waals surface area contributed by atoms with Gasteiger partial charge in [-0.05, 0) is 12.1 Å². The predicted molar refractivity (Wildman–Crippen MR) is 44.3 cm³/mol. The highest BCUT2D eigenvalue weighted by atomic mass is 16.6. The molecule has 64 valence electrons. The number of para-hydroxylation sites is 2. The Bertz CT molecular complexity index is 323. The molecule has 0 amide bonds. The summed E-state index contributed by atoms with van der Waals surface area (Å²) in [5.41, 5.74) is 0. The molecule has 3 heteroatoms. The molecule has 0 aliphatic heterocycles. The Kier molecular flexibility index (Phi) is 2.24. The highest BCUT2D eigenvalue weighted by Gasteiger charge is 2.03. The van der Waals surface area contributed by atoms with Gasteiger partial charge in [-0.2, -0.15) is 0 Å². The van der Waals surface area contributed by atoms with E-state index in [2.05, 4.69) is 0 Å². The van der Waals surface area contributed by atoms with Crippen LogP contribution in [0.1, 0.15) is 8.29 Å². The molecular weight excluding hydrogens is 156 g/mol. The Morgan fingerprint density at radius 3 is 2.83 bits per heavy atom. The summed E-state index contributed by atoms with van der Waals surface area (Å²) >= 11 is 0. The maximum absolute atomic E-state index is 10.7. The van der Waals surface area contributed by atoms with Gasteiger partial charge in [-0.15, -0.1) is 0 Å². The second-order valence-electron chi connectivity index (χ2n) is 2.16. The van der Waals surface area contributed by atoms with Gasteiger partial charge in [0.25, 0.3) is 0 Å². The minimum Gasteiger partial charge on any atom is -0.493 e. The maximum Gasteiger partial charge on any atom is 0.308 e. The molecule has 0 saturated heterocycles. The standard InChI is InChI=1S/C9H10O3/c1-7(10)12-9-6-4-3-5-8(9)11-2/h3-6H,1-2H3/i5D. The first-order valence-electron chi connectivity index (χ1n) is 3.97. The van der Waals surface area contributed by atoms with Gasteiger partial charge in [0.1, 0.15) is 0 Å². The quantitative estimate of drug-likeness (QED) is 0.496. The summed E-state index contributed by atoms with van der Waals surface area (Å²) in [4.78, 5) is 10.7. The zero-order valence-electron chi connectivity index (χ0n) is 7.96. The van der Waals surface area contributed by atoms with Crippen molar-refractivity contribution in [2.75, 3.05) is 7.11 Å². The van der Waals surface area contributed by atoms with Crippen molar-refractivity contribution in [1.29, 1.82) is 0 Å². The van der Waals surface area contributed by atoms with Crippen molar-refractivity contribution in [3.05, 3.63) is 24.2 Å². The molecule has 12 heavy (non-hydrogen) atoms. The van der Waals surface area contributed by atoms with Crippen molar-refractivity contribution in [3.8, 4) is 11.5 Å². The zero-order chi connectivity index (χ0) is 9.84. The second-order valence-corrected chi connectivity index (χ2v) is 2.16. The number of hydrogen-bond acceptors (Lipinski definition) is 3. The highest BCUT2D eigenvalue weighted by molar-refractivity contribution is 5.70. The van der Waals surface area contributed by atoms with Crippen molar-refractivity contribution in [3.63, 3.8) is 0 Å². The van der Waals surface area contributed by atoms with Crippen LogP contribution in [0.4, 0.5) is 0 Å². The lowest BCUT2D eigenvalue weighted by Gasteiger charge is -2.05. The highest BCUT2D eigenvalue weighted by Crippen LogP contribution is 2.25. The Hall–Kier alpha value is -1.51. The number of esters is 1. The number of ether oxygens (including phenoxy) is 2. The van der Waals surface area contributed by atoms with E-state index < -0.39 is 5.97 Å². The van der Waals surface area contributed by atoms with Crippen LogP contribution in [0.3, 0.4) is 0 Å². The Morgan fingerprint density at radius 2 is 2.25 bits per heavy atom. The van der Waals surface area contributed by atoms with Crippen molar-refractivity contribution >= 4 is 5.97 Å². The fraction of sp³-hybridized carbons (Fsp3) is 0.222. The van der Waals surface area contributed by atoms with Gasteiger partial charge in [0.2, 0.25) is 0 Å². The lowest BCUT2D eigenvalue weighted by molar-refractivity contribution is -0.132. The van der Waals surface area contributed by atoms with Crippen LogP contribution in [0.25, 0.3) is 0 Å². The minimum absolute atomic E-state index is 0.196. The van der Waals surface area contributed by atoms with Gasteiger partial charge in [0.15, 0.2) is 11.5 Å². The van der Waals surface area contributed by atoms with Gasteiger partial charge in [0.05, 0.1) is 8.48 Å². The van der Waals surface area contributed by atoms with E-state index in [1.807, 2.05) is 0 Å². The smallest absolute Gasteiger partial charge is 0.308 e. The molecule has 1 rings (SSSR count). The monoisotopic (exact) mass is 167 g/mol. The van der Waals surface area contributed by atoms with Crippen LogP contribution >= 0.6 is 0 Å². The summed E-state index contributed by atoms with van der Waals surface area (Å²) in [5.74, 6) is 0.129. The Morgan fingerprint density at radius 1 is 1.50 bits per heavy atom. The van der Waals surface area contributed by atoms with Crippen molar-refractivity contribution in [2.24, 2.45) is 0 Å². The minimum atomic E-state index is -0.427. The zero-order valence-corrected chi connectivity index (χ0v) is 6.96. The molecule has 0 N–H and O–H groups in total. The number of carbonyl (C=O) groups is 1. The van der Waals surface area contributed by atoms with Crippen LogP contribution in [0.15, 0.2) is 24.2 Å². The molecule has 0 unspecified atom stereocenters. The molecule has 3 nitrogen and oxygen atoms in total. The molecule has 0 radical (unpaired) electrons. The molecule has 0 atom stereocenters. The average Bonchev–Trinajstić information content (AvgIpc) is 2.03. The van der Waals surface area contributed by atoms with Gasteiger partial charge in [0, 0.05) is 6.92 Å². The molecule has 1 aromatic carbocycles. The van der Waals surface area contributed by atoms with Crippen molar-refractivity contribution in [1.82, 2.24) is 0 Å². The van der Waals surface area contributed by atoms with Gasteiger partial charge < -0.3 is 9.47 Å². The van der Waals surface area contributed by atoms with Crippen LogP contribution in [0, 0.1) is 0 Å². The third kappa shape index (κ3) is 1.99. The molecule has 0 spiro atoms. The summed E-state index contributed by atoms with van der Waals surface area (Å²) in [6, 6.07) is 4.97. The molecule has 0 fully saturated rings. The third-order valence-electron chi connectivity index (χ3n) is 1.24. The lowest BCUT2D eigenvalue weighted by Crippen LogP contribution is -2.02. The van der Waals surface area contributed by atoms with Crippen molar-refractivity contribution < 1.29 is 15.6 Å². The summed E-state index contributed by atoms with van der Waals surface area (Å²) in [6.07, 6.45) is 0. The molecule has 0 bridgehead atoms. The fourth-order valence-corrected chi connectivity index (χ4v) is 0.801. The van der Waals surface area contributed by atoms with Crippen LogP contribution in [-0.2, 0) is 4.79 Å². The molecule has 1 aromatic rings. The summed E-state index contributed by atoms with van der Waals surface area (Å²) in [6.45, 7) is 1.30. The van der Waals surface area contributed by atoms with Crippen LogP contribution in [0.5, 0.6) is 11.5 Å². The average molecular weight is 167 g/mol.